The summed E-state index contributed by atoms with van der Waals surface area (Å²) in [5.41, 5.74) is 2.94. The Bertz CT molecular complexity index is 652. The number of fused-ring (bicyclic) bond motifs is 3. The highest BCUT2D eigenvalue weighted by Crippen LogP contribution is 2.27. The molecule has 0 spiro atoms. The molecule has 0 unspecified atom stereocenters. The van der Waals surface area contributed by atoms with Crippen LogP contribution in [0.5, 0.6) is 0 Å². The van der Waals surface area contributed by atoms with Crippen LogP contribution in [0.1, 0.15) is 34.3 Å². The highest BCUT2D eigenvalue weighted by Gasteiger charge is 2.16. The number of rotatable bonds is 1. The lowest BCUT2D eigenvalue weighted by atomic mass is 9.90. The van der Waals surface area contributed by atoms with Crippen molar-refractivity contribution in [1.82, 2.24) is 0 Å². The van der Waals surface area contributed by atoms with E-state index in [0.717, 1.165) is 24.8 Å². The van der Waals surface area contributed by atoms with E-state index in [1.165, 1.54) is 18.2 Å². The van der Waals surface area contributed by atoms with Crippen LogP contribution in [0.3, 0.4) is 0 Å². The van der Waals surface area contributed by atoms with E-state index in [2.05, 4.69) is 0 Å². The second-order valence-electron chi connectivity index (χ2n) is 4.43. The molecule has 0 fully saturated rings. The van der Waals surface area contributed by atoms with Gasteiger partial charge in [0.2, 0.25) is 5.43 Å². The Morgan fingerprint density at radius 3 is 2.82 bits per heavy atom. The average molecular weight is 228 g/mol. The van der Waals surface area contributed by atoms with Gasteiger partial charge in [0, 0.05) is 0 Å². The standard InChI is InChI=1S/C14H12O3/c15-7-10-8-17-14-11-4-2-1-3-9(11)5-6-12(14)13(10)16/h5-8H,1-4H2. The first-order valence-corrected chi connectivity index (χ1v) is 5.82. The van der Waals surface area contributed by atoms with Gasteiger partial charge in [-0.1, -0.05) is 6.07 Å². The van der Waals surface area contributed by atoms with Crippen molar-refractivity contribution in [2.75, 3.05) is 0 Å². The summed E-state index contributed by atoms with van der Waals surface area (Å²) >= 11 is 0. The van der Waals surface area contributed by atoms with Crippen LogP contribution in [-0.4, -0.2) is 6.29 Å². The first kappa shape index (κ1) is 10.3. The fraction of sp³-hybridized carbons (Fsp3) is 0.286. The van der Waals surface area contributed by atoms with E-state index in [9.17, 15) is 9.59 Å². The van der Waals surface area contributed by atoms with Gasteiger partial charge in [-0.25, -0.2) is 0 Å². The Balaban J connectivity index is 2.38. The molecule has 1 aromatic heterocycles. The van der Waals surface area contributed by atoms with Crippen LogP contribution in [0.4, 0.5) is 0 Å². The second kappa shape index (κ2) is 3.84. The fourth-order valence-corrected chi connectivity index (χ4v) is 2.52. The molecule has 1 aliphatic carbocycles. The van der Waals surface area contributed by atoms with E-state index in [1.807, 2.05) is 6.07 Å². The normalized spacial score (nSPS) is 14.6. The van der Waals surface area contributed by atoms with Crippen LogP contribution in [0.25, 0.3) is 11.0 Å². The average Bonchev–Trinajstić information content (AvgIpc) is 2.39. The van der Waals surface area contributed by atoms with Crippen LogP contribution in [0.15, 0.2) is 27.6 Å². The van der Waals surface area contributed by atoms with E-state index < -0.39 is 0 Å². The number of hydrogen-bond donors (Lipinski definition) is 0. The summed E-state index contributed by atoms with van der Waals surface area (Å²) in [5, 5.41) is 0.523. The number of aldehydes is 1. The monoisotopic (exact) mass is 228 g/mol. The molecule has 0 amide bonds. The minimum Gasteiger partial charge on any atom is -0.463 e. The molecule has 0 bridgehead atoms. The molecule has 3 rings (SSSR count). The summed E-state index contributed by atoms with van der Waals surface area (Å²) in [4.78, 5) is 22.7. The molecule has 2 aromatic rings. The molecular weight excluding hydrogens is 216 g/mol. The molecular formula is C14H12O3. The van der Waals surface area contributed by atoms with Gasteiger partial charge in [-0.3, -0.25) is 9.59 Å². The van der Waals surface area contributed by atoms with Gasteiger partial charge < -0.3 is 4.42 Å². The van der Waals surface area contributed by atoms with Gasteiger partial charge in [0.1, 0.15) is 11.8 Å². The molecule has 0 atom stereocenters. The van der Waals surface area contributed by atoms with Crippen molar-refractivity contribution in [3.8, 4) is 0 Å². The van der Waals surface area contributed by atoms with E-state index in [-0.39, 0.29) is 11.0 Å². The Hall–Kier alpha value is -1.90. The van der Waals surface area contributed by atoms with E-state index in [1.54, 1.807) is 6.07 Å². The third-order valence-corrected chi connectivity index (χ3v) is 3.42. The Kier molecular flexibility index (Phi) is 2.32. The van der Waals surface area contributed by atoms with Gasteiger partial charge in [0.05, 0.1) is 10.9 Å². The predicted molar refractivity (Wildman–Crippen MR) is 64.5 cm³/mol. The molecule has 0 saturated heterocycles. The zero-order valence-corrected chi connectivity index (χ0v) is 9.36. The molecule has 86 valence electrons. The molecule has 1 aliphatic rings. The predicted octanol–water partition coefficient (Wildman–Crippen LogP) is 2.48. The highest BCUT2D eigenvalue weighted by atomic mass is 16.3. The molecule has 0 N–H and O–H groups in total. The van der Waals surface area contributed by atoms with Crippen LogP contribution < -0.4 is 5.43 Å². The first-order valence-electron chi connectivity index (χ1n) is 5.82. The molecule has 0 saturated carbocycles. The number of hydrogen-bond acceptors (Lipinski definition) is 3. The van der Waals surface area contributed by atoms with Gasteiger partial charge in [-0.15, -0.1) is 0 Å². The third kappa shape index (κ3) is 1.50. The zero-order valence-electron chi connectivity index (χ0n) is 9.36. The lowest BCUT2D eigenvalue weighted by Crippen LogP contribution is -2.11. The molecule has 1 heterocycles. The summed E-state index contributed by atoms with van der Waals surface area (Å²) in [6, 6.07) is 3.76. The minimum absolute atomic E-state index is 0.0910. The van der Waals surface area contributed by atoms with Crippen LogP contribution in [-0.2, 0) is 12.8 Å². The lowest BCUT2D eigenvalue weighted by Gasteiger charge is -2.16. The van der Waals surface area contributed by atoms with E-state index in [0.29, 0.717) is 17.3 Å². The number of carbonyl (C=O) groups excluding carboxylic acids is 1. The smallest absolute Gasteiger partial charge is 0.203 e. The minimum atomic E-state index is -0.227. The molecule has 1 aromatic carbocycles. The lowest BCUT2D eigenvalue weighted by molar-refractivity contribution is 0.112. The molecule has 0 radical (unpaired) electrons. The zero-order chi connectivity index (χ0) is 11.8. The highest BCUT2D eigenvalue weighted by molar-refractivity contribution is 5.86. The van der Waals surface area contributed by atoms with Crippen molar-refractivity contribution in [2.24, 2.45) is 0 Å². The summed E-state index contributed by atoms with van der Waals surface area (Å²) in [6.07, 6.45) is 6.14. The maximum Gasteiger partial charge on any atom is 0.203 e. The van der Waals surface area contributed by atoms with Crippen molar-refractivity contribution in [3.05, 3.63) is 45.3 Å². The van der Waals surface area contributed by atoms with Crippen LogP contribution in [0.2, 0.25) is 0 Å². The van der Waals surface area contributed by atoms with E-state index in [4.69, 9.17) is 4.42 Å². The largest absolute Gasteiger partial charge is 0.463 e. The van der Waals surface area contributed by atoms with Crippen molar-refractivity contribution in [2.45, 2.75) is 25.7 Å². The van der Waals surface area contributed by atoms with Crippen molar-refractivity contribution < 1.29 is 9.21 Å². The van der Waals surface area contributed by atoms with Gasteiger partial charge in [0.25, 0.3) is 0 Å². The Morgan fingerprint density at radius 1 is 1.18 bits per heavy atom. The second-order valence-corrected chi connectivity index (χ2v) is 4.43. The molecule has 3 nitrogen and oxygen atoms in total. The van der Waals surface area contributed by atoms with Gasteiger partial charge >= 0.3 is 0 Å². The van der Waals surface area contributed by atoms with Gasteiger partial charge in [0.15, 0.2) is 6.29 Å². The van der Waals surface area contributed by atoms with Crippen LogP contribution >= 0.6 is 0 Å². The SMILES string of the molecule is O=Cc1coc2c3c(ccc2c1=O)CCCC3. The summed E-state index contributed by atoms with van der Waals surface area (Å²) in [6.45, 7) is 0. The molecule has 0 aliphatic heterocycles. The third-order valence-electron chi connectivity index (χ3n) is 3.42. The summed E-state index contributed by atoms with van der Waals surface area (Å²) in [5.74, 6) is 0. The number of benzene rings is 1. The Morgan fingerprint density at radius 2 is 2.00 bits per heavy atom. The molecule has 17 heavy (non-hydrogen) atoms. The molecule has 3 heteroatoms. The maximum absolute atomic E-state index is 12.0. The fourth-order valence-electron chi connectivity index (χ4n) is 2.52. The maximum atomic E-state index is 12.0. The summed E-state index contributed by atoms with van der Waals surface area (Å²) in [7, 11) is 0. The van der Waals surface area contributed by atoms with Gasteiger partial charge in [-0.2, -0.15) is 0 Å². The number of aryl methyl sites for hydroxylation is 2. The van der Waals surface area contributed by atoms with Crippen molar-refractivity contribution in [1.29, 1.82) is 0 Å². The first-order chi connectivity index (χ1) is 8.31. The Labute approximate surface area is 98.1 Å². The summed E-state index contributed by atoms with van der Waals surface area (Å²) < 4.78 is 5.48. The number of carbonyl (C=O) groups is 1. The van der Waals surface area contributed by atoms with Gasteiger partial charge in [-0.05, 0) is 42.9 Å². The van der Waals surface area contributed by atoms with E-state index >= 15 is 0 Å². The van der Waals surface area contributed by atoms with Crippen molar-refractivity contribution >= 4 is 17.3 Å². The quantitative estimate of drug-likeness (QED) is 0.704. The van der Waals surface area contributed by atoms with Crippen molar-refractivity contribution in [3.63, 3.8) is 0 Å². The topological polar surface area (TPSA) is 47.3 Å². The van der Waals surface area contributed by atoms with Crippen LogP contribution in [0, 0.1) is 0 Å².